The van der Waals surface area contributed by atoms with E-state index in [0.29, 0.717) is 34.9 Å². The van der Waals surface area contributed by atoms with Crippen molar-refractivity contribution in [3.63, 3.8) is 0 Å². The van der Waals surface area contributed by atoms with Crippen LogP contribution in [0, 0.1) is 0 Å². The van der Waals surface area contributed by atoms with Gasteiger partial charge in [0, 0.05) is 25.6 Å². The van der Waals surface area contributed by atoms with Crippen LogP contribution >= 0.6 is 23.1 Å². The number of carbonyl (C=O) groups is 2. The number of esters is 1. The lowest BCUT2D eigenvalue weighted by molar-refractivity contribution is -0.115. The molecule has 0 unspecified atom stereocenters. The molecule has 0 spiro atoms. The maximum atomic E-state index is 12.7. The standard InChI is InChI=1S/C22H22N4O8S3/c1-2-19(28)23-21-24-25-22(36-21)35-13-15-11-17(27)18(12-33-15)34-20(29)14-3-5-16(6-4-14)37(30,31)26-7-9-32-10-8-26/h3-6,11-12H,2,7-10,13H2,1H3,(H,23,24,28). The third kappa shape index (κ3) is 6.81. The number of ether oxygens (including phenoxy) is 2. The highest BCUT2D eigenvalue weighted by Gasteiger charge is 2.26. The van der Waals surface area contributed by atoms with E-state index in [1.165, 1.54) is 57.7 Å². The number of benzene rings is 1. The van der Waals surface area contributed by atoms with Gasteiger partial charge in [0.1, 0.15) is 12.0 Å². The number of hydrogen-bond acceptors (Lipinski definition) is 12. The number of rotatable bonds is 9. The summed E-state index contributed by atoms with van der Waals surface area (Å²) in [5, 5.41) is 10.8. The minimum absolute atomic E-state index is 0.0441. The quantitative estimate of drug-likeness (QED) is 0.230. The smallest absolute Gasteiger partial charge is 0.343 e. The number of nitrogens with zero attached hydrogens (tertiary/aromatic N) is 3. The molecule has 15 heteroatoms. The van der Waals surface area contributed by atoms with Crippen molar-refractivity contribution in [3.05, 3.63) is 58.1 Å². The Balaban J connectivity index is 1.35. The fraction of sp³-hybridized carbons (Fsp3) is 0.318. The van der Waals surface area contributed by atoms with Crippen LogP contribution in [-0.4, -0.2) is 61.1 Å². The number of nitrogens with one attached hydrogen (secondary N) is 1. The lowest BCUT2D eigenvalue weighted by Gasteiger charge is -2.26. The van der Waals surface area contributed by atoms with Gasteiger partial charge in [0.25, 0.3) is 0 Å². The first kappa shape index (κ1) is 26.9. The summed E-state index contributed by atoms with van der Waals surface area (Å²) in [7, 11) is -3.70. The Kier molecular flexibility index (Phi) is 8.71. The predicted molar refractivity (Wildman–Crippen MR) is 134 cm³/mol. The number of amides is 1. The number of hydrogen-bond donors (Lipinski definition) is 1. The minimum atomic E-state index is -3.70. The molecule has 3 heterocycles. The molecule has 1 aromatic carbocycles. The van der Waals surface area contributed by atoms with Crippen molar-refractivity contribution in [3.8, 4) is 5.75 Å². The molecule has 37 heavy (non-hydrogen) atoms. The summed E-state index contributed by atoms with van der Waals surface area (Å²) in [5.41, 5.74) is -0.489. The van der Waals surface area contributed by atoms with Gasteiger partial charge in [0.05, 0.1) is 29.4 Å². The normalized spacial score (nSPS) is 14.3. The minimum Gasteiger partial charge on any atom is -0.464 e. The van der Waals surface area contributed by atoms with Gasteiger partial charge in [-0.3, -0.25) is 9.59 Å². The SMILES string of the molecule is CCC(=O)Nc1nnc(SCc2cc(=O)c(OC(=O)c3ccc(S(=O)(=O)N4CCOCC4)cc3)co2)s1. The first-order chi connectivity index (χ1) is 17.8. The molecule has 3 aromatic rings. The van der Waals surface area contributed by atoms with E-state index in [9.17, 15) is 22.8 Å². The van der Waals surface area contributed by atoms with Gasteiger partial charge in [-0.1, -0.05) is 30.0 Å². The average molecular weight is 567 g/mol. The fourth-order valence-corrected chi connectivity index (χ4v) is 6.17. The van der Waals surface area contributed by atoms with Crippen molar-refractivity contribution in [2.24, 2.45) is 0 Å². The molecular weight excluding hydrogens is 544 g/mol. The maximum Gasteiger partial charge on any atom is 0.343 e. The summed E-state index contributed by atoms with van der Waals surface area (Å²) in [5.74, 6) is -0.719. The maximum absolute atomic E-state index is 12.7. The Hall–Kier alpha value is -3.11. The van der Waals surface area contributed by atoms with Gasteiger partial charge >= 0.3 is 5.97 Å². The molecule has 4 rings (SSSR count). The lowest BCUT2D eigenvalue weighted by atomic mass is 10.2. The Labute approximate surface area is 220 Å². The van der Waals surface area contributed by atoms with Gasteiger partial charge < -0.3 is 19.2 Å². The molecule has 1 amide bonds. The van der Waals surface area contributed by atoms with Crippen LogP contribution in [0.2, 0.25) is 0 Å². The predicted octanol–water partition coefficient (Wildman–Crippen LogP) is 2.37. The Morgan fingerprint density at radius 2 is 1.92 bits per heavy atom. The summed E-state index contributed by atoms with van der Waals surface area (Å²) in [6.07, 6.45) is 1.37. The number of aromatic nitrogens is 2. The first-order valence-corrected chi connectivity index (χ1v) is 14.3. The van der Waals surface area contributed by atoms with Gasteiger partial charge in [0.15, 0.2) is 4.34 Å². The second-order valence-corrected chi connectivity index (χ2v) is 11.7. The van der Waals surface area contributed by atoms with E-state index in [1.54, 1.807) is 6.92 Å². The van der Waals surface area contributed by atoms with Crippen LogP contribution in [0.25, 0.3) is 0 Å². The molecule has 1 saturated heterocycles. The molecule has 1 N–H and O–H groups in total. The van der Waals surface area contributed by atoms with E-state index in [-0.39, 0.29) is 41.0 Å². The summed E-state index contributed by atoms with van der Waals surface area (Å²) in [4.78, 5) is 36.4. The van der Waals surface area contributed by atoms with Crippen molar-refractivity contribution in [1.82, 2.24) is 14.5 Å². The number of anilines is 1. The molecule has 0 atom stereocenters. The van der Waals surface area contributed by atoms with Crippen molar-refractivity contribution < 1.29 is 31.9 Å². The largest absolute Gasteiger partial charge is 0.464 e. The highest BCUT2D eigenvalue weighted by Crippen LogP contribution is 2.28. The first-order valence-electron chi connectivity index (χ1n) is 11.0. The molecule has 1 aliphatic rings. The molecule has 196 valence electrons. The Morgan fingerprint density at radius 1 is 1.19 bits per heavy atom. The van der Waals surface area contributed by atoms with E-state index in [1.807, 2.05) is 0 Å². The molecule has 2 aromatic heterocycles. The van der Waals surface area contributed by atoms with E-state index in [2.05, 4.69) is 15.5 Å². The average Bonchev–Trinajstić information content (AvgIpc) is 3.36. The van der Waals surface area contributed by atoms with E-state index in [4.69, 9.17) is 13.9 Å². The van der Waals surface area contributed by atoms with Crippen LogP contribution in [-0.2, 0) is 25.3 Å². The van der Waals surface area contributed by atoms with Crippen molar-refractivity contribution in [2.45, 2.75) is 28.3 Å². The number of thioether (sulfide) groups is 1. The highest BCUT2D eigenvalue weighted by atomic mass is 32.2. The fourth-order valence-electron chi connectivity index (χ4n) is 3.11. The van der Waals surface area contributed by atoms with Crippen LogP contribution in [0.5, 0.6) is 5.75 Å². The molecule has 0 radical (unpaired) electrons. The van der Waals surface area contributed by atoms with Crippen LogP contribution in [0.1, 0.15) is 29.5 Å². The van der Waals surface area contributed by atoms with Gasteiger partial charge in [-0.05, 0) is 24.3 Å². The second-order valence-electron chi connectivity index (χ2n) is 7.57. The number of sulfonamides is 1. The molecule has 1 fully saturated rings. The van der Waals surface area contributed by atoms with Crippen LogP contribution in [0.3, 0.4) is 0 Å². The van der Waals surface area contributed by atoms with Crippen molar-refractivity contribution in [2.75, 3.05) is 31.6 Å². The summed E-state index contributed by atoms with van der Waals surface area (Å²) in [6, 6.07) is 6.48. The Morgan fingerprint density at radius 3 is 2.59 bits per heavy atom. The molecular formula is C22H22N4O8S3. The molecule has 12 nitrogen and oxygen atoms in total. The summed E-state index contributed by atoms with van der Waals surface area (Å²) < 4.78 is 43.1. The van der Waals surface area contributed by atoms with Crippen LogP contribution in [0.15, 0.2) is 55.0 Å². The molecule has 0 bridgehead atoms. The van der Waals surface area contributed by atoms with E-state index in [0.717, 1.165) is 6.26 Å². The van der Waals surface area contributed by atoms with E-state index >= 15 is 0 Å². The highest BCUT2D eigenvalue weighted by molar-refractivity contribution is 8.00. The second kappa shape index (κ2) is 12.0. The van der Waals surface area contributed by atoms with E-state index < -0.39 is 21.4 Å². The summed E-state index contributed by atoms with van der Waals surface area (Å²) >= 11 is 2.45. The molecule has 0 saturated carbocycles. The van der Waals surface area contributed by atoms with Crippen molar-refractivity contribution in [1.29, 1.82) is 0 Å². The Bertz CT molecular complexity index is 1430. The summed E-state index contributed by atoms with van der Waals surface area (Å²) in [6.45, 7) is 2.90. The zero-order valence-electron chi connectivity index (χ0n) is 19.5. The molecule has 0 aliphatic carbocycles. The van der Waals surface area contributed by atoms with Gasteiger partial charge in [-0.2, -0.15) is 4.31 Å². The van der Waals surface area contributed by atoms with Crippen LogP contribution in [0.4, 0.5) is 5.13 Å². The van der Waals surface area contributed by atoms with Gasteiger partial charge in [-0.25, -0.2) is 13.2 Å². The lowest BCUT2D eigenvalue weighted by Crippen LogP contribution is -2.40. The van der Waals surface area contributed by atoms with Gasteiger partial charge in [-0.15, -0.1) is 10.2 Å². The molecule has 1 aliphatic heterocycles. The zero-order chi connectivity index (χ0) is 26.4. The zero-order valence-corrected chi connectivity index (χ0v) is 22.0. The van der Waals surface area contributed by atoms with Gasteiger partial charge in [0.2, 0.25) is 32.2 Å². The van der Waals surface area contributed by atoms with Crippen molar-refractivity contribution >= 4 is 50.1 Å². The monoisotopic (exact) mass is 566 g/mol. The third-order valence-electron chi connectivity index (χ3n) is 5.06. The van der Waals surface area contributed by atoms with Crippen LogP contribution < -0.4 is 15.5 Å². The third-order valence-corrected chi connectivity index (χ3v) is 8.97. The topological polar surface area (TPSA) is 158 Å². The number of carbonyl (C=O) groups excluding carboxylic acids is 2. The number of morpholine rings is 1.